The molecule has 0 atom stereocenters. The summed E-state index contributed by atoms with van der Waals surface area (Å²) in [5.74, 6) is -0.378. The Morgan fingerprint density at radius 1 is 1.11 bits per heavy atom. The zero-order valence-corrected chi connectivity index (χ0v) is 17.6. The van der Waals surface area contributed by atoms with Crippen molar-refractivity contribution in [1.29, 1.82) is 0 Å². The quantitative estimate of drug-likeness (QED) is 0.724. The van der Waals surface area contributed by atoms with Gasteiger partial charge in [0.25, 0.3) is 10.2 Å². The van der Waals surface area contributed by atoms with Gasteiger partial charge in [0.05, 0.1) is 6.54 Å². The maximum atomic E-state index is 12.9. The molecular weight excluding hydrogens is 454 g/mol. The molecule has 0 radical (unpaired) electrons. The van der Waals surface area contributed by atoms with Gasteiger partial charge in [-0.05, 0) is 36.2 Å². The van der Waals surface area contributed by atoms with Crippen LogP contribution in [0.5, 0.6) is 0 Å². The molecule has 0 bridgehead atoms. The first-order valence-electron chi connectivity index (χ1n) is 8.40. The normalized spacial score (nSPS) is 17.6. The smallest absolute Gasteiger partial charge is 0.282 e. The fourth-order valence-electron chi connectivity index (χ4n) is 2.88. The maximum Gasteiger partial charge on any atom is 0.282 e. The third-order valence-corrected chi connectivity index (χ3v) is 6.99. The minimum atomic E-state index is -3.74. The van der Waals surface area contributed by atoms with E-state index >= 15 is 0 Å². The molecule has 27 heavy (non-hydrogen) atoms. The Morgan fingerprint density at radius 3 is 2.59 bits per heavy atom. The van der Waals surface area contributed by atoms with Gasteiger partial charge in [0.15, 0.2) is 0 Å². The molecule has 2 aromatic rings. The van der Waals surface area contributed by atoms with E-state index in [0.29, 0.717) is 30.2 Å². The molecule has 9 heteroatoms. The van der Waals surface area contributed by atoms with Crippen LogP contribution in [0.1, 0.15) is 12.0 Å². The third kappa shape index (κ3) is 5.08. The van der Waals surface area contributed by atoms with Crippen molar-refractivity contribution in [3.05, 3.63) is 63.6 Å². The van der Waals surface area contributed by atoms with Crippen molar-refractivity contribution in [2.45, 2.75) is 13.0 Å². The molecule has 0 saturated carbocycles. The summed E-state index contributed by atoms with van der Waals surface area (Å²) in [5, 5.41) is 3.25. The Balaban J connectivity index is 1.68. The summed E-state index contributed by atoms with van der Waals surface area (Å²) in [5.41, 5.74) is 1.35. The second-order valence-electron chi connectivity index (χ2n) is 6.18. The van der Waals surface area contributed by atoms with Gasteiger partial charge in [-0.1, -0.05) is 51.8 Å². The van der Waals surface area contributed by atoms with Gasteiger partial charge in [0.2, 0.25) is 5.91 Å². The zero-order valence-electron chi connectivity index (χ0n) is 14.4. The maximum absolute atomic E-state index is 12.9. The highest BCUT2D eigenvalue weighted by Gasteiger charge is 2.34. The molecule has 1 heterocycles. The molecule has 0 spiro atoms. The number of anilines is 1. The van der Waals surface area contributed by atoms with Crippen LogP contribution >= 0.6 is 27.5 Å². The van der Waals surface area contributed by atoms with Crippen molar-refractivity contribution < 1.29 is 13.2 Å². The lowest BCUT2D eigenvalue weighted by Crippen LogP contribution is -2.51. The Bertz CT molecular complexity index is 939. The molecular formula is C18H19BrClN3O3S. The Labute approximate surface area is 172 Å². The van der Waals surface area contributed by atoms with Crippen LogP contribution in [-0.4, -0.2) is 42.6 Å². The van der Waals surface area contributed by atoms with Crippen LogP contribution in [0.15, 0.2) is 53.0 Å². The second-order valence-corrected chi connectivity index (χ2v) is 9.43. The molecule has 0 aliphatic carbocycles. The van der Waals surface area contributed by atoms with Crippen molar-refractivity contribution in [3.63, 3.8) is 0 Å². The van der Waals surface area contributed by atoms with Gasteiger partial charge < -0.3 is 5.32 Å². The standard InChI is InChI=1S/C18H19BrClN3O3S/c19-15-6-3-7-16(11-15)21-18(24)13-23-10-4-9-22(27(23,25)26)12-14-5-1-2-8-17(14)20/h1-3,5-8,11H,4,9-10,12-13H2,(H,21,24). The Morgan fingerprint density at radius 2 is 1.85 bits per heavy atom. The summed E-state index contributed by atoms with van der Waals surface area (Å²) in [4.78, 5) is 12.3. The van der Waals surface area contributed by atoms with Crippen molar-refractivity contribution >= 4 is 49.3 Å². The number of amides is 1. The number of carbonyl (C=O) groups excluding carboxylic acids is 1. The largest absolute Gasteiger partial charge is 0.325 e. The summed E-state index contributed by atoms with van der Waals surface area (Å²) in [6.07, 6.45) is 0.647. The van der Waals surface area contributed by atoms with Crippen LogP contribution in [-0.2, 0) is 21.5 Å². The first-order chi connectivity index (χ1) is 12.9. The minimum absolute atomic E-state index is 0.186. The number of benzene rings is 2. The molecule has 1 fully saturated rings. The van der Waals surface area contributed by atoms with E-state index in [-0.39, 0.29) is 19.0 Å². The second kappa shape index (κ2) is 8.70. The summed E-state index contributed by atoms with van der Waals surface area (Å²) < 4.78 is 29.2. The van der Waals surface area contributed by atoms with Crippen LogP contribution in [0.25, 0.3) is 0 Å². The fraction of sp³-hybridized carbons (Fsp3) is 0.278. The Hall–Kier alpha value is -1.45. The number of nitrogens with zero attached hydrogens (tertiary/aromatic N) is 2. The first kappa shape index (κ1) is 20.3. The van der Waals surface area contributed by atoms with Gasteiger partial charge in [0, 0.05) is 34.8 Å². The SMILES string of the molecule is O=C(CN1CCCN(Cc2ccccc2Cl)S1(=O)=O)Nc1cccc(Br)c1. The van der Waals surface area contributed by atoms with E-state index in [2.05, 4.69) is 21.2 Å². The van der Waals surface area contributed by atoms with Gasteiger partial charge in [-0.3, -0.25) is 4.79 Å². The molecule has 1 N–H and O–H groups in total. The van der Waals surface area contributed by atoms with Crippen LogP contribution in [0.3, 0.4) is 0 Å². The van der Waals surface area contributed by atoms with Crippen LogP contribution in [0.4, 0.5) is 5.69 Å². The summed E-state index contributed by atoms with van der Waals surface area (Å²) >= 11 is 9.50. The van der Waals surface area contributed by atoms with Gasteiger partial charge in [0.1, 0.15) is 0 Å². The topological polar surface area (TPSA) is 69.7 Å². The first-order valence-corrected chi connectivity index (χ1v) is 11.0. The summed E-state index contributed by atoms with van der Waals surface area (Å²) in [7, 11) is -3.74. The number of carbonyl (C=O) groups is 1. The van der Waals surface area contributed by atoms with Gasteiger partial charge in [-0.15, -0.1) is 0 Å². The molecule has 2 aromatic carbocycles. The van der Waals surface area contributed by atoms with E-state index in [9.17, 15) is 13.2 Å². The lowest BCUT2D eigenvalue weighted by atomic mass is 10.2. The van der Waals surface area contributed by atoms with Crippen LogP contribution < -0.4 is 5.32 Å². The highest BCUT2D eigenvalue weighted by atomic mass is 79.9. The monoisotopic (exact) mass is 471 g/mol. The van der Waals surface area contributed by atoms with Crippen molar-refractivity contribution in [3.8, 4) is 0 Å². The number of nitrogens with one attached hydrogen (secondary N) is 1. The average molecular weight is 473 g/mol. The molecule has 0 unspecified atom stereocenters. The predicted molar refractivity (Wildman–Crippen MR) is 110 cm³/mol. The van der Waals surface area contributed by atoms with E-state index in [1.807, 2.05) is 12.1 Å². The summed E-state index contributed by atoms with van der Waals surface area (Å²) in [6, 6.07) is 14.3. The highest BCUT2D eigenvalue weighted by Crippen LogP contribution is 2.23. The lowest BCUT2D eigenvalue weighted by molar-refractivity contribution is -0.116. The molecule has 0 aromatic heterocycles. The number of hydrogen-bond donors (Lipinski definition) is 1. The molecule has 144 valence electrons. The number of hydrogen-bond acceptors (Lipinski definition) is 3. The van der Waals surface area contributed by atoms with Crippen molar-refractivity contribution in [2.75, 3.05) is 25.0 Å². The molecule has 1 amide bonds. The number of rotatable bonds is 5. The molecule has 3 rings (SSSR count). The summed E-state index contributed by atoms with van der Waals surface area (Å²) in [6.45, 7) is 0.671. The van der Waals surface area contributed by atoms with E-state index in [4.69, 9.17) is 11.6 Å². The molecule has 1 saturated heterocycles. The van der Waals surface area contributed by atoms with E-state index in [0.717, 1.165) is 10.0 Å². The minimum Gasteiger partial charge on any atom is -0.325 e. The van der Waals surface area contributed by atoms with E-state index in [1.54, 1.807) is 36.4 Å². The van der Waals surface area contributed by atoms with Crippen molar-refractivity contribution in [1.82, 2.24) is 8.61 Å². The molecule has 1 aliphatic rings. The molecule has 1 aliphatic heterocycles. The van der Waals surface area contributed by atoms with Gasteiger partial charge >= 0.3 is 0 Å². The van der Waals surface area contributed by atoms with Crippen molar-refractivity contribution in [2.24, 2.45) is 0 Å². The third-order valence-electron chi connectivity index (χ3n) is 4.20. The Kier molecular flexibility index (Phi) is 6.54. The van der Waals surface area contributed by atoms with E-state index < -0.39 is 10.2 Å². The van der Waals surface area contributed by atoms with E-state index in [1.165, 1.54) is 8.61 Å². The number of halogens is 2. The zero-order chi connectivity index (χ0) is 19.4. The van der Waals surface area contributed by atoms with Gasteiger partial charge in [-0.25, -0.2) is 0 Å². The van der Waals surface area contributed by atoms with Crippen LogP contribution in [0, 0.1) is 0 Å². The predicted octanol–water partition coefficient (Wildman–Crippen LogP) is 3.49. The van der Waals surface area contributed by atoms with Crippen LogP contribution in [0.2, 0.25) is 5.02 Å². The average Bonchev–Trinajstić information content (AvgIpc) is 2.60. The fourth-order valence-corrected chi connectivity index (χ4v) is 5.11. The highest BCUT2D eigenvalue weighted by molar-refractivity contribution is 9.10. The lowest BCUT2D eigenvalue weighted by Gasteiger charge is -2.34. The molecule has 6 nitrogen and oxygen atoms in total. The van der Waals surface area contributed by atoms with Gasteiger partial charge in [-0.2, -0.15) is 17.0 Å².